The first kappa shape index (κ1) is 28.6. The van der Waals surface area contributed by atoms with Crippen molar-refractivity contribution in [1.29, 1.82) is 0 Å². The number of fused-ring (bicyclic) bond motifs is 3. The van der Waals surface area contributed by atoms with Crippen molar-refractivity contribution < 1.29 is 28.7 Å². The van der Waals surface area contributed by atoms with Gasteiger partial charge in [-0.15, -0.1) is 0 Å². The Bertz CT molecular complexity index is 1350. The van der Waals surface area contributed by atoms with Gasteiger partial charge in [-0.3, -0.25) is 19.7 Å². The molecule has 2 aromatic carbocycles. The van der Waals surface area contributed by atoms with Gasteiger partial charge < -0.3 is 20.5 Å². The van der Waals surface area contributed by atoms with Gasteiger partial charge in [0.15, 0.2) is 11.3 Å². The van der Waals surface area contributed by atoms with E-state index in [-0.39, 0.29) is 29.3 Å². The van der Waals surface area contributed by atoms with Crippen LogP contribution in [-0.4, -0.2) is 35.3 Å². The standard InChI is InChI=1S/C15H15BrN2O3.C13H13BrO2.CH3NO/c16-9-3-4-11-10(7-9)15(12(19)17-13(20)18-15)8-14(21-11)5-1-2-6-14;14-9-3-4-12-10(7-9)11(15)8-13(16-12)5-1-2-6-13;2-1-3/h3-4,7H,1-2,5-6,8H2,(H2,17,18,19,20);3-4,7H,1-2,5-6,8H2;1H,(H2,2,3). The van der Waals surface area contributed by atoms with Crippen molar-refractivity contribution in [3.8, 4) is 11.5 Å². The van der Waals surface area contributed by atoms with Gasteiger partial charge >= 0.3 is 6.03 Å². The number of nitrogens with two attached hydrogens (primary N) is 1. The third kappa shape index (κ3) is 5.37. The molecule has 0 bridgehead atoms. The molecule has 1 saturated heterocycles. The molecule has 4 amide bonds. The fourth-order valence-corrected chi connectivity index (χ4v) is 7.36. The van der Waals surface area contributed by atoms with Crippen LogP contribution in [-0.2, 0) is 15.1 Å². The van der Waals surface area contributed by atoms with Crippen molar-refractivity contribution in [2.45, 2.75) is 80.9 Å². The molecule has 4 N–H and O–H groups in total. The summed E-state index contributed by atoms with van der Waals surface area (Å²) in [5, 5.41) is 5.24. The Hall–Kier alpha value is -2.92. The lowest BCUT2D eigenvalue weighted by molar-refractivity contribution is -0.128. The molecule has 7 rings (SSSR count). The number of imide groups is 1. The Morgan fingerprint density at radius 2 is 1.38 bits per heavy atom. The summed E-state index contributed by atoms with van der Waals surface area (Å²) in [5.74, 6) is 1.41. The predicted octanol–water partition coefficient (Wildman–Crippen LogP) is 5.41. The Balaban J connectivity index is 0.000000152. The molecule has 2 aromatic rings. The number of primary amides is 1. The van der Waals surface area contributed by atoms with Crippen molar-refractivity contribution in [3.05, 3.63) is 56.5 Å². The summed E-state index contributed by atoms with van der Waals surface area (Å²) >= 11 is 6.82. The third-order valence-electron chi connectivity index (χ3n) is 8.34. The van der Waals surface area contributed by atoms with Gasteiger partial charge in [-0.05, 0) is 87.8 Å². The predicted molar refractivity (Wildman–Crippen MR) is 154 cm³/mol. The maximum atomic E-state index is 12.5. The van der Waals surface area contributed by atoms with E-state index in [1.807, 2.05) is 36.4 Å². The molecule has 3 aliphatic heterocycles. The summed E-state index contributed by atoms with van der Waals surface area (Å²) in [6.45, 7) is 0. The van der Waals surface area contributed by atoms with Gasteiger partial charge in [-0.25, -0.2) is 4.79 Å². The van der Waals surface area contributed by atoms with Crippen molar-refractivity contribution >= 4 is 56.0 Å². The topological polar surface area (TPSA) is 137 Å². The fourth-order valence-electron chi connectivity index (χ4n) is 6.64. The molecule has 2 aliphatic carbocycles. The second-order valence-electron chi connectivity index (χ2n) is 11.0. The molecule has 1 atom stereocenters. The zero-order valence-corrected chi connectivity index (χ0v) is 25.1. The summed E-state index contributed by atoms with van der Waals surface area (Å²) in [7, 11) is 0. The van der Waals surface area contributed by atoms with Crippen LogP contribution in [0, 0.1) is 0 Å². The molecule has 9 nitrogen and oxygen atoms in total. The van der Waals surface area contributed by atoms with Gasteiger partial charge in [0.2, 0.25) is 6.41 Å². The normalized spacial score (nSPS) is 24.4. The van der Waals surface area contributed by atoms with Crippen LogP contribution >= 0.6 is 31.9 Å². The summed E-state index contributed by atoms with van der Waals surface area (Å²) < 4.78 is 14.1. The van der Waals surface area contributed by atoms with E-state index < -0.39 is 11.6 Å². The second kappa shape index (κ2) is 11.2. The van der Waals surface area contributed by atoms with Crippen LogP contribution in [0.15, 0.2) is 45.3 Å². The van der Waals surface area contributed by atoms with Gasteiger partial charge in [0.05, 0.1) is 12.0 Å². The number of halogens is 2. The second-order valence-corrected chi connectivity index (χ2v) is 12.8. The number of ether oxygens (including phenoxy) is 2. The molecule has 3 spiro atoms. The van der Waals surface area contributed by atoms with Crippen molar-refractivity contribution in [1.82, 2.24) is 10.6 Å². The number of urea groups is 1. The maximum Gasteiger partial charge on any atom is 0.322 e. The highest BCUT2D eigenvalue weighted by Crippen LogP contribution is 2.51. The van der Waals surface area contributed by atoms with Crippen LogP contribution < -0.4 is 25.8 Å². The first-order chi connectivity index (χ1) is 19.1. The van der Waals surface area contributed by atoms with Crippen molar-refractivity contribution in [3.63, 3.8) is 0 Å². The fraction of sp³-hybridized carbons (Fsp3) is 0.448. The van der Waals surface area contributed by atoms with E-state index in [9.17, 15) is 14.4 Å². The molecular formula is C29H31Br2N3O6. The van der Waals surface area contributed by atoms with E-state index in [1.54, 1.807) is 0 Å². The molecule has 5 aliphatic rings. The number of carbonyl (C=O) groups is 4. The highest BCUT2D eigenvalue weighted by atomic mass is 79.9. The average molecular weight is 677 g/mol. The zero-order valence-electron chi connectivity index (χ0n) is 21.9. The summed E-state index contributed by atoms with van der Waals surface area (Å²) in [4.78, 5) is 44.9. The smallest absolute Gasteiger partial charge is 0.322 e. The highest BCUT2D eigenvalue weighted by molar-refractivity contribution is 9.10. The average Bonchev–Trinajstić information content (AvgIpc) is 3.61. The number of benzene rings is 2. The van der Waals surface area contributed by atoms with E-state index >= 15 is 0 Å². The van der Waals surface area contributed by atoms with Crippen LogP contribution in [0.5, 0.6) is 11.5 Å². The first-order valence-electron chi connectivity index (χ1n) is 13.4. The number of nitrogens with one attached hydrogen (secondary N) is 2. The van der Waals surface area contributed by atoms with Gasteiger partial charge in [0, 0.05) is 20.9 Å². The van der Waals surface area contributed by atoms with Crippen LogP contribution in [0.1, 0.15) is 80.1 Å². The van der Waals surface area contributed by atoms with Crippen molar-refractivity contribution in [2.24, 2.45) is 5.73 Å². The molecule has 2 saturated carbocycles. The third-order valence-corrected chi connectivity index (χ3v) is 9.32. The van der Waals surface area contributed by atoms with E-state index in [0.717, 1.165) is 64.3 Å². The molecule has 212 valence electrons. The Morgan fingerprint density at radius 1 is 0.825 bits per heavy atom. The number of rotatable bonds is 0. The number of hydrogen-bond acceptors (Lipinski definition) is 6. The number of carbonyl (C=O) groups excluding carboxylic acids is 4. The SMILES string of the molecule is NC=O.O=C1CC2(CCCC2)Oc2ccc(Br)cc21.O=C1NC(=O)C2(CC3(CCCC3)Oc3ccc(Br)cc32)N1. The lowest BCUT2D eigenvalue weighted by atomic mass is 9.75. The van der Waals surface area contributed by atoms with Crippen LogP contribution in [0.3, 0.4) is 0 Å². The maximum absolute atomic E-state index is 12.5. The monoisotopic (exact) mass is 675 g/mol. The zero-order chi connectivity index (χ0) is 28.5. The van der Waals surface area contributed by atoms with Gasteiger partial charge in [-0.2, -0.15) is 0 Å². The van der Waals surface area contributed by atoms with Crippen LogP contribution in [0.4, 0.5) is 4.79 Å². The van der Waals surface area contributed by atoms with Crippen LogP contribution in [0.2, 0.25) is 0 Å². The van der Waals surface area contributed by atoms with Crippen molar-refractivity contribution in [2.75, 3.05) is 0 Å². The minimum atomic E-state index is -1.00. The summed E-state index contributed by atoms with van der Waals surface area (Å²) in [6, 6.07) is 10.9. The Kier molecular flexibility index (Phi) is 7.98. The molecule has 1 unspecified atom stereocenters. The lowest BCUT2D eigenvalue weighted by Gasteiger charge is -2.44. The molecule has 40 heavy (non-hydrogen) atoms. The number of Topliss-reactive ketones (excluding diaryl/α,β-unsaturated/α-hetero) is 1. The Morgan fingerprint density at radius 3 is 1.98 bits per heavy atom. The van der Waals surface area contributed by atoms with E-state index in [4.69, 9.17) is 14.3 Å². The molecule has 3 fully saturated rings. The van der Waals surface area contributed by atoms with Gasteiger partial charge in [-0.1, -0.05) is 31.9 Å². The Labute approximate surface area is 249 Å². The molecule has 3 heterocycles. The first-order valence-corrected chi connectivity index (χ1v) is 15.0. The molecular weight excluding hydrogens is 646 g/mol. The lowest BCUT2D eigenvalue weighted by Crippen LogP contribution is -2.54. The molecule has 0 aromatic heterocycles. The van der Waals surface area contributed by atoms with Gasteiger partial charge in [0.1, 0.15) is 22.7 Å². The van der Waals surface area contributed by atoms with E-state index in [1.165, 1.54) is 12.8 Å². The van der Waals surface area contributed by atoms with Crippen LogP contribution in [0.25, 0.3) is 0 Å². The minimum absolute atomic E-state index is 0.183. The highest BCUT2D eigenvalue weighted by Gasteiger charge is 2.58. The van der Waals surface area contributed by atoms with E-state index in [0.29, 0.717) is 18.6 Å². The molecule has 11 heteroatoms. The quantitative estimate of drug-likeness (QED) is 0.252. The number of hydrogen-bond donors (Lipinski definition) is 3. The minimum Gasteiger partial charge on any atom is -0.487 e. The summed E-state index contributed by atoms with van der Waals surface area (Å²) in [5.41, 5.74) is 4.11. The summed E-state index contributed by atoms with van der Waals surface area (Å²) in [6.07, 6.45) is 9.74. The molecule has 0 radical (unpaired) electrons. The van der Waals surface area contributed by atoms with E-state index in [2.05, 4.69) is 48.2 Å². The number of amides is 4. The number of ketones is 1. The largest absolute Gasteiger partial charge is 0.487 e. The van der Waals surface area contributed by atoms with Gasteiger partial charge in [0.25, 0.3) is 5.91 Å².